The quantitative estimate of drug-likeness (QED) is 0.748. The largest absolute Gasteiger partial charge is 0.337 e. The highest BCUT2D eigenvalue weighted by molar-refractivity contribution is 9.10. The number of hydrogen-bond donors (Lipinski definition) is 2. The smallest absolute Gasteiger partial charge is 0.320 e. The monoisotopic (exact) mass is 412 g/mol. The van der Waals surface area contributed by atoms with Gasteiger partial charge in [-0.15, -0.1) is 0 Å². The van der Waals surface area contributed by atoms with Crippen molar-refractivity contribution in [2.24, 2.45) is 0 Å². The van der Waals surface area contributed by atoms with Crippen LogP contribution in [-0.4, -0.2) is 28.8 Å². The second-order valence-electron chi connectivity index (χ2n) is 6.24. The molecule has 2 aromatic rings. The topological polar surface area (TPSA) is 59.0 Å². The van der Waals surface area contributed by atoms with E-state index in [0.717, 1.165) is 28.4 Å². The number of anilines is 1. The molecule has 25 heavy (non-hydrogen) atoms. The molecule has 1 fully saturated rings. The van der Waals surface area contributed by atoms with E-state index in [1.165, 1.54) is 17.8 Å². The molecule has 1 aliphatic carbocycles. The molecule has 1 aromatic carbocycles. The number of carbonyl (C=O) groups is 1. The van der Waals surface area contributed by atoms with Crippen LogP contribution in [0.3, 0.4) is 0 Å². The number of amides is 2. The molecule has 0 unspecified atom stereocenters. The molecule has 0 saturated heterocycles. The van der Waals surface area contributed by atoms with Gasteiger partial charge in [0.1, 0.15) is 6.54 Å². The number of nitrogens with one attached hydrogen (secondary N) is 2. The SMILES string of the molecule is O=C(NCC1(c2ccccc2Br)CCC1)Nc1ccn(CC(F)F)n1. The van der Waals surface area contributed by atoms with E-state index < -0.39 is 13.0 Å². The van der Waals surface area contributed by atoms with Crippen LogP contribution < -0.4 is 10.6 Å². The first kappa shape index (κ1) is 17.8. The molecule has 2 amide bonds. The van der Waals surface area contributed by atoms with Crippen molar-refractivity contribution >= 4 is 27.8 Å². The minimum Gasteiger partial charge on any atom is -0.337 e. The van der Waals surface area contributed by atoms with E-state index in [1.807, 2.05) is 18.2 Å². The lowest BCUT2D eigenvalue weighted by Crippen LogP contribution is -2.46. The Balaban J connectivity index is 1.58. The van der Waals surface area contributed by atoms with Crippen molar-refractivity contribution in [1.82, 2.24) is 15.1 Å². The van der Waals surface area contributed by atoms with E-state index in [2.05, 4.69) is 37.7 Å². The van der Waals surface area contributed by atoms with Gasteiger partial charge >= 0.3 is 6.03 Å². The summed E-state index contributed by atoms with van der Waals surface area (Å²) in [6, 6.07) is 9.15. The van der Waals surface area contributed by atoms with E-state index in [4.69, 9.17) is 0 Å². The van der Waals surface area contributed by atoms with Crippen molar-refractivity contribution in [3.63, 3.8) is 0 Å². The summed E-state index contributed by atoms with van der Waals surface area (Å²) in [5.41, 5.74) is 1.13. The van der Waals surface area contributed by atoms with Gasteiger partial charge in [0.05, 0.1) is 0 Å². The van der Waals surface area contributed by atoms with Crippen LogP contribution in [0.2, 0.25) is 0 Å². The first-order chi connectivity index (χ1) is 12.0. The fourth-order valence-corrected chi connectivity index (χ4v) is 3.82. The first-order valence-electron chi connectivity index (χ1n) is 8.10. The van der Waals surface area contributed by atoms with Crippen molar-refractivity contribution in [3.05, 3.63) is 46.6 Å². The number of alkyl halides is 2. The Kier molecular flexibility index (Phi) is 5.36. The van der Waals surface area contributed by atoms with Crippen LogP contribution in [0.5, 0.6) is 0 Å². The van der Waals surface area contributed by atoms with Crippen molar-refractivity contribution in [2.75, 3.05) is 11.9 Å². The molecular formula is C17H19BrF2N4O. The van der Waals surface area contributed by atoms with E-state index in [-0.39, 0.29) is 17.3 Å². The number of nitrogens with zero attached hydrogens (tertiary/aromatic N) is 2. The Morgan fingerprint density at radius 3 is 2.72 bits per heavy atom. The van der Waals surface area contributed by atoms with Gasteiger partial charge in [-0.3, -0.25) is 10.00 Å². The van der Waals surface area contributed by atoms with Gasteiger partial charge in [0.2, 0.25) is 0 Å². The zero-order valence-corrected chi connectivity index (χ0v) is 15.1. The molecule has 0 radical (unpaired) electrons. The predicted molar refractivity (Wildman–Crippen MR) is 94.9 cm³/mol. The van der Waals surface area contributed by atoms with Gasteiger partial charge in [0.15, 0.2) is 5.82 Å². The average Bonchev–Trinajstić information content (AvgIpc) is 2.94. The van der Waals surface area contributed by atoms with Gasteiger partial charge in [0, 0.05) is 28.7 Å². The van der Waals surface area contributed by atoms with Gasteiger partial charge in [-0.25, -0.2) is 13.6 Å². The summed E-state index contributed by atoms with van der Waals surface area (Å²) in [6.07, 6.45) is 2.08. The van der Waals surface area contributed by atoms with Crippen LogP contribution in [0.1, 0.15) is 24.8 Å². The molecule has 1 aliphatic rings. The summed E-state index contributed by atoms with van der Waals surface area (Å²) >= 11 is 3.59. The second kappa shape index (κ2) is 7.51. The van der Waals surface area contributed by atoms with Crippen LogP contribution in [0.15, 0.2) is 41.0 Å². The van der Waals surface area contributed by atoms with Crippen molar-refractivity contribution in [1.29, 1.82) is 0 Å². The van der Waals surface area contributed by atoms with Gasteiger partial charge in [-0.05, 0) is 24.5 Å². The molecule has 8 heteroatoms. The van der Waals surface area contributed by atoms with E-state index in [0.29, 0.717) is 6.54 Å². The first-order valence-corrected chi connectivity index (χ1v) is 8.89. The molecule has 5 nitrogen and oxygen atoms in total. The third-order valence-corrected chi connectivity index (χ3v) is 5.24. The maximum absolute atomic E-state index is 12.3. The molecule has 1 heterocycles. The minimum atomic E-state index is -2.48. The molecule has 0 spiro atoms. The van der Waals surface area contributed by atoms with Crippen molar-refractivity contribution in [2.45, 2.75) is 37.6 Å². The number of rotatable bonds is 6. The van der Waals surface area contributed by atoms with E-state index in [1.54, 1.807) is 0 Å². The Morgan fingerprint density at radius 2 is 2.08 bits per heavy atom. The zero-order valence-electron chi connectivity index (χ0n) is 13.5. The molecule has 0 bridgehead atoms. The molecular weight excluding hydrogens is 394 g/mol. The Morgan fingerprint density at radius 1 is 1.32 bits per heavy atom. The lowest BCUT2D eigenvalue weighted by atomic mass is 9.64. The summed E-state index contributed by atoms with van der Waals surface area (Å²) in [4.78, 5) is 12.1. The lowest BCUT2D eigenvalue weighted by Gasteiger charge is -2.43. The number of aromatic nitrogens is 2. The fraction of sp³-hybridized carbons (Fsp3) is 0.412. The fourth-order valence-electron chi connectivity index (χ4n) is 3.12. The normalized spacial score (nSPS) is 15.7. The average molecular weight is 413 g/mol. The molecule has 0 aliphatic heterocycles. The summed E-state index contributed by atoms with van der Waals surface area (Å²) in [6.45, 7) is 0.0215. The van der Waals surface area contributed by atoms with Crippen LogP contribution in [0, 0.1) is 0 Å². The molecule has 2 N–H and O–H groups in total. The third kappa shape index (κ3) is 4.18. The Bertz CT molecular complexity index is 746. The summed E-state index contributed by atoms with van der Waals surface area (Å²) in [7, 11) is 0. The zero-order chi connectivity index (χ0) is 17.9. The number of halogens is 3. The summed E-state index contributed by atoms with van der Waals surface area (Å²) in [5, 5.41) is 9.36. The number of benzene rings is 1. The van der Waals surface area contributed by atoms with Gasteiger partial charge < -0.3 is 5.32 Å². The maximum atomic E-state index is 12.3. The van der Waals surface area contributed by atoms with Crippen LogP contribution >= 0.6 is 15.9 Å². The predicted octanol–water partition coefficient (Wildman–Crippen LogP) is 4.15. The van der Waals surface area contributed by atoms with Crippen LogP contribution in [-0.2, 0) is 12.0 Å². The second-order valence-corrected chi connectivity index (χ2v) is 7.09. The highest BCUT2D eigenvalue weighted by Crippen LogP contribution is 2.45. The van der Waals surface area contributed by atoms with Crippen molar-refractivity contribution in [3.8, 4) is 0 Å². The molecule has 3 rings (SSSR count). The Labute approximate surface area is 152 Å². The number of hydrogen-bond acceptors (Lipinski definition) is 2. The highest BCUT2D eigenvalue weighted by atomic mass is 79.9. The molecule has 1 aromatic heterocycles. The lowest BCUT2D eigenvalue weighted by molar-refractivity contribution is 0.122. The maximum Gasteiger partial charge on any atom is 0.320 e. The number of urea groups is 1. The molecule has 1 saturated carbocycles. The van der Waals surface area contributed by atoms with E-state index in [9.17, 15) is 13.6 Å². The summed E-state index contributed by atoms with van der Waals surface area (Å²) < 4.78 is 26.8. The van der Waals surface area contributed by atoms with Crippen molar-refractivity contribution < 1.29 is 13.6 Å². The summed E-state index contributed by atoms with van der Waals surface area (Å²) in [5.74, 6) is 0.252. The highest BCUT2D eigenvalue weighted by Gasteiger charge is 2.40. The van der Waals surface area contributed by atoms with Crippen LogP contribution in [0.4, 0.5) is 19.4 Å². The van der Waals surface area contributed by atoms with Gasteiger partial charge in [-0.2, -0.15) is 5.10 Å². The number of carbonyl (C=O) groups excluding carboxylic acids is 1. The van der Waals surface area contributed by atoms with E-state index >= 15 is 0 Å². The van der Waals surface area contributed by atoms with Gasteiger partial charge in [0.25, 0.3) is 6.43 Å². The molecule has 134 valence electrons. The van der Waals surface area contributed by atoms with Gasteiger partial charge in [-0.1, -0.05) is 40.5 Å². The third-order valence-electron chi connectivity index (χ3n) is 4.55. The Hall–Kier alpha value is -1.96. The standard InChI is InChI=1S/C17H19BrF2N4O/c18-13-5-2-1-4-12(13)17(7-3-8-17)11-21-16(25)22-15-6-9-24(23-15)10-14(19)20/h1-2,4-6,9,14H,3,7-8,10-11H2,(H2,21,22,23,25). The minimum absolute atomic E-state index is 0.0630. The van der Waals surface area contributed by atoms with Crippen LogP contribution in [0.25, 0.3) is 0 Å². The molecule has 0 atom stereocenters.